The van der Waals surface area contributed by atoms with Crippen molar-refractivity contribution in [1.82, 2.24) is 5.32 Å². The van der Waals surface area contributed by atoms with Crippen LogP contribution in [0.5, 0.6) is 0 Å². The van der Waals surface area contributed by atoms with Gasteiger partial charge in [-0.1, -0.05) is 0 Å². The van der Waals surface area contributed by atoms with Crippen LogP contribution in [0.4, 0.5) is 0 Å². The summed E-state index contributed by atoms with van der Waals surface area (Å²) in [5, 5.41) is 25.1. The molecule has 0 aromatic carbocycles. The molecule has 1 saturated carbocycles. The first-order valence-corrected chi connectivity index (χ1v) is 6.27. The standard InChI is InChI=1S/C11H15NO3S/c13-5-8-3-9(4-10(8)14)12-11(15)7-1-2-16-6-7/h1-2,6,8-10,13-14H,3-5H2,(H,12,15)/t8-,9-,10-/m0/s1. The highest BCUT2D eigenvalue weighted by atomic mass is 32.1. The Hall–Kier alpha value is -0.910. The number of nitrogens with one attached hydrogen (secondary N) is 1. The first-order valence-electron chi connectivity index (χ1n) is 5.32. The molecule has 4 nitrogen and oxygen atoms in total. The highest BCUT2D eigenvalue weighted by Crippen LogP contribution is 2.25. The largest absolute Gasteiger partial charge is 0.396 e. The molecular weight excluding hydrogens is 226 g/mol. The van der Waals surface area contributed by atoms with E-state index in [4.69, 9.17) is 5.11 Å². The van der Waals surface area contributed by atoms with Gasteiger partial charge in [-0.2, -0.15) is 11.3 Å². The second-order valence-electron chi connectivity index (χ2n) is 4.16. The fourth-order valence-corrected chi connectivity index (χ4v) is 2.72. The molecule has 5 heteroatoms. The van der Waals surface area contributed by atoms with E-state index in [-0.39, 0.29) is 24.5 Å². The molecule has 0 saturated heterocycles. The zero-order valence-corrected chi connectivity index (χ0v) is 9.61. The Kier molecular flexibility index (Phi) is 3.58. The van der Waals surface area contributed by atoms with E-state index in [9.17, 15) is 9.90 Å². The smallest absolute Gasteiger partial charge is 0.252 e. The molecule has 1 heterocycles. The Bertz CT molecular complexity index is 352. The minimum Gasteiger partial charge on any atom is -0.396 e. The number of aliphatic hydroxyl groups is 2. The number of carbonyl (C=O) groups excluding carboxylic acids is 1. The summed E-state index contributed by atoms with van der Waals surface area (Å²) in [4.78, 5) is 11.7. The third kappa shape index (κ3) is 2.42. The third-order valence-electron chi connectivity index (χ3n) is 3.01. The molecule has 0 bridgehead atoms. The zero-order chi connectivity index (χ0) is 11.5. The van der Waals surface area contributed by atoms with Gasteiger partial charge in [-0.3, -0.25) is 4.79 Å². The van der Waals surface area contributed by atoms with Crippen molar-refractivity contribution in [3.63, 3.8) is 0 Å². The summed E-state index contributed by atoms with van der Waals surface area (Å²) in [6.45, 7) is -0.0218. The lowest BCUT2D eigenvalue weighted by molar-refractivity contribution is 0.0903. The number of aliphatic hydroxyl groups excluding tert-OH is 2. The molecule has 1 amide bonds. The molecule has 1 aliphatic rings. The molecule has 0 aliphatic heterocycles. The Labute approximate surface area is 97.9 Å². The van der Waals surface area contributed by atoms with Gasteiger partial charge in [-0.25, -0.2) is 0 Å². The van der Waals surface area contributed by atoms with Crippen LogP contribution >= 0.6 is 11.3 Å². The zero-order valence-electron chi connectivity index (χ0n) is 8.80. The molecular formula is C11H15NO3S. The lowest BCUT2D eigenvalue weighted by Crippen LogP contribution is -2.33. The second-order valence-corrected chi connectivity index (χ2v) is 4.94. The van der Waals surface area contributed by atoms with Gasteiger partial charge >= 0.3 is 0 Å². The predicted molar refractivity (Wildman–Crippen MR) is 61.4 cm³/mol. The van der Waals surface area contributed by atoms with Crippen molar-refractivity contribution in [1.29, 1.82) is 0 Å². The summed E-state index contributed by atoms with van der Waals surface area (Å²) in [7, 11) is 0. The Morgan fingerprint density at radius 2 is 2.38 bits per heavy atom. The Morgan fingerprint density at radius 1 is 1.56 bits per heavy atom. The van der Waals surface area contributed by atoms with Gasteiger partial charge < -0.3 is 15.5 Å². The summed E-state index contributed by atoms with van der Waals surface area (Å²) >= 11 is 1.48. The molecule has 1 fully saturated rings. The SMILES string of the molecule is O=C(N[C@H]1C[C@@H](CO)[C@@H](O)C1)c1ccsc1. The summed E-state index contributed by atoms with van der Waals surface area (Å²) in [5.41, 5.74) is 0.659. The maximum absolute atomic E-state index is 11.7. The van der Waals surface area contributed by atoms with Crippen molar-refractivity contribution in [2.75, 3.05) is 6.61 Å². The van der Waals surface area contributed by atoms with Crippen LogP contribution < -0.4 is 5.32 Å². The summed E-state index contributed by atoms with van der Waals surface area (Å²) in [6, 6.07) is 1.74. The summed E-state index contributed by atoms with van der Waals surface area (Å²) < 4.78 is 0. The molecule has 88 valence electrons. The monoisotopic (exact) mass is 241 g/mol. The maximum atomic E-state index is 11.7. The van der Waals surface area contributed by atoms with Crippen LogP contribution in [0.15, 0.2) is 16.8 Å². The van der Waals surface area contributed by atoms with E-state index >= 15 is 0 Å². The molecule has 2 rings (SSSR count). The van der Waals surface area contributed by atoms with Crippen molar-refractivity contribution in [3.8, 4) is 0 Å². The number of hydrogen-bond acceptors (Lipinski definition) is 4. The van der Waals surface area contributed by atoms with Gasteiger partial charge in [0.25, 0.3) is 5.91 Å². The third-order valence-corrected chi connectivity index (χ3v) is 3.69. The molecule has 1 aromatic rings. The molecule has 1 aliphatic carbocycles. The van der Waals surface area contributed by atoms with Gasteiger partial charge in [0, 0.05) is 29.5 Å². The summed E-state index contributed by atoms with van der Waals surface area (Å²) in [6.07, 6.45) is 0.673. The van der Waals surface area contributed by atoms with Gasteiger partial charge in [0.05, 0.1) is 6.10 Å². The summed E-state index contributed by atoms with van der Waals surface area (Å²) in [5.74, 6) is -0.204. The molecule has 16 heavy (non-hydrogen) atoms. The normalized spacial score (nSPS) is 29.2. The molecule has 3 N–H and O–H groups in total. The van der Waals surface area contributed by atoms with Crippen molar-refractivity contribution in [2.24, 2.45) is 5.92 Å². The number of amides is 1. The minimum absolute atomic E-state index is 0.0218. The number of carbonyl (C=O) groups is 1. The minimum atomic E-state index is -0.502. The van der Waals surface area contributed by atoms with Gasteiger partial charge in [0.1, 0.15) is 0 Å². The van der Waals surface area contributed by atoms with Crippen LogP contribution in [0.2, 0.25) is 0 Å². The van der Waals surface area contributed by atoms with Crippen LogP contribution in [-0.2, 0) is 0 Å². The van der Waals surface area contributed by atoms with Crippen molar-refractivity contribution >= 4 is 17.2 Å². The van der Waals surface area contributed by atoms with E-state index in [1.54, 1.807) is 11.4 Å². The molecule has 1 aromatic heterocycles. The molecule has 0 unspecified atom stereocenters. The van der Waals surface area contributed by atoms with E-state index in [0.29, 0.717) is 18.4 Å². The number of rotatable bonds is 3. The molecule has 0 spiro atoms. The fourth-order valence-electron chi connectivity index (χ4n) is 2.08. The Morgan fingerprint density at radius 3 is 2.94 bits per heavy atom. The fraction of sp³-hybridized carbons (Fsp3) is 0.545. The lowest BCUT2D eigenvalue weighted by atomic mass is 10.1. The molecule has 0 radical (unpaired) electrons. The van der Waals surface area contributed by atoms with E-state index in [0.717, 1.165) is 0 Å². The van der Waals surface area contributed by atoms with Gasteiger partial charge in [-0.05, 0) is 24.3 Å². The van der Waals surface area contributed by atoms with Crippen molar-refractivity contribution in [3.05, 3.63) is 22.4 Å². The van der Waals surface area contributed by atoms with Gasteiger partial charge in [0.15, 0.2) is 0 Å². The van der Waals surface area contributed by atoms with Crippen LogP contribution in [0.3, 0.4) is 0 Å². The van der Waals surface area contributed by atoms with E-state index < -0.39 is 6.10 Å². The highest BCUT2D eigenvalue weighted by molar-refractivity contribution is 7.08. The van der Waals surface area contributed by atoms with Crippen molar-refractivity contribution in [2.45, 2.75) is 25.0 Å². The maximum Gasteiger partial charge on any atom is 0.252 e. The predicted octanol–water partition coefficient (Wildman–Crippen LogP) is 0.610. The first kappa shape index (κ1) is 11.6. The topological polar surface area (TPSA) is 69.6 Å². The quantitative estimate of drug-likeness (QED) is 0.726. The van der Waals surface area contributed by atoms with E-state index in [1.165, 1.54) is 11.3 Å². The lowest BCUT2D eigenvalue weighted by Gasteiger charge is -2.11. The van der Waals surface area contributed by atoms with Crippen LogP contribution in [0.1, 0.15) is 23.2 Å². The average Bonchev–Trinajstić information content (AvgIpc) is 2.87. The van der Waals surface area contributed by atoms with Gasteiger partial charge in [0.2, 0.25) is 0 Å². The van der Waals surface area contributed by atoms with E-state index in [2.05, 4.69) is 5.32 Å². The molecule has 3 atom stereocenters. The average molecular weight is 241 g/mol. The van der Waals surface area contributed by atoms with Crippen LogP contribution in [0, 0.1) is 5.92 Å². The first-order chi connectivity index (χ1) is 7.70. The van der Waals surface area contributed by atoms with Gasteiger partial charge in [-0.15, -0.1) is 0 Å². The number of hydrogen-bond donors (Lipinski definition) is 3. The second kappa shape index (κ2) is 4.95. The van der Waals surface area contributed by atoms with E-state index in [1.807, 2.05) is 5.38 Å². The highest BCUT2D eigenvalue weighted by Gasteiger charge is 2.33. The van der Waals surface area contributed by atoms with Crippen LogP contribution in [-0.4, -0.2) is 34.9 Å². The van der Waals surface area contributed by atoms with Crippen molar-refractivity contribution < 1.29 is 15.0 Å². The van der Waals surface area contributed by atoms with Crippen LogP contribution in [0.25, 0.3) is 0 Å². The number of thiophene rings is 1. The Balaban J connectivity index is 1.90.